The van der Waals surface area contributed by atoms with Gasteiger partial charge in [-0.15, -0.1) is 16.4 Å². The van der Waals surface area contributed by atoms with Crippen LogP contribution >= 0.6 is 22.9 Å². The van der Waals surface area contributed by atoms with Crippen molar-refractivity contribution in [1.82, 2.24) is 19.3 Å². The number of fused-ring (bicyclic) bond motifs is 1. The van der Waals surface area contributed by atoms with E-state index in [2.05, 4.69) is 14.8 Å². The topological polar surface area (TPSA) is 76.4 Å². The number of nitrogens with one attached hydrogen (secondary N) is 1. The smallest absolute Gasteiger partial charge is 0.211 e. The van der Waals surface area contributed by atoms with E-state index in [1.165, 1.54) is 29.5 Å². The van der Waals surface area contributed by atoms with Crippen molar-refractivity contribution in [2.45, 2.75) is 11.3 Å². The van der Waals surface area contributed by atoms with Crippen LogP contribution in [0.3, 0.4) is 0 Å². The van der Waals surface area contributed by atoms with Crippen LogP contribution in [0.25, 0.3) is 16.3 Å². The first-order valence-corrected chi connectivity index (χ1v) is 11.0. The highest BCUT2D eigenvalue weighted by molar-refractivity contribution is 7.89. The molecule has 0 spiro atoms. The third-order valence-corrected chi connectivity index (χ3v) is 6.89. The first-order chi connectivity index (χ1) is 13.5. The van der Waals surface area contributed by atoms with Crippen molar-refractivity contribution < 1.29 is 12.8 Å². The number of halogens is 2. The van der Waals surface area contributed by atoms with E-state index in [0.29, 0.717) is 22.8 Å². The average molecular weight is 437 g/mol. The van der Waals surface area contributed by atoms with Crippen LogP contribution < -0.4 is 4.72 Å². The Bertz CT molecular complexity index is 1250. The lowest BCUT2D eigenvalue weighted by Gasteiger charge is -2.07. The molecule has 28 heavy (non-hydrogen) atoms. The summed E-state index contributed by atoms with van der Waals surface area (Å²) in [5.41, 5.74) is 1.10. The van der Waals surface area contributed by atoms with Crippen LogP contribution in [-0.2, 0) is 16.4 Å². The number of aromatic nitrogens is 3. The Morgan fingerprint density at radius 2 is 1.89 bits per heavy atom. The number of hydrogen-bond donors (Lipinski definition) is 1. The second-order valence-corrected chi connectivity index (χ2v) is 8.89. The molecular weight excluding hydrogens is 423 g/mol. The molecule has 4 aromatic rings. The maximum Gasteiger partial charge on any atom is 0.242 e. The second kappa shape index (κ2) is 7.59. The van der Waals surface area contributed by atoms with E-state index in [1.54, 1.807) is 34.8 Å². The predicted molar refractivity (Wildman–Crippen MR) is 107 cm³/mol. The molecule has 0 aliphatic carbocycles. The summed E-state index contributed by atoms with van der Waals surface area (Å²) in [7, 11) is -3.71. The quantitative estimate of drug-likeness (QED) is 0.499. The predicted octanol–water partition coefficient (Wildman–Crippen LogP) is 3.77. The molecule has 6 nitrogen and oxygen atoms in total. The molecule has 0 saturated carbocycles. The lowest BCUT2D eigenvalue weighted by molar-refractivity contribution is 0.581. The molecule has 0 amide bonds. The van der Waals surface area contributed by atoms with Gasteiger partial charge in [-0.2, -0.15) is 4.98 Å². The van der Waals surface area contributed by atoms with Crippen LogP contribution in [0.1, 0.15) is 5.69 Å². The molecule has 0 aliphatic rings. The molecule has 2 heterocycles. The van der Waals surface area contributed by atoms with Crippen molar-refractivity contribution >= 4 is 37.9 Å². The van der Waals surface area contributed by atoms with Crippen LogP contribution in [0.2, 0.25) is 5.02 Å². The van der Waals surface area contributed by atoms with Crippen molar-refractivity contribution in [3.8, 4) is 11.4 Å². The minimum Gasteiger partial charge on any atom is -0.211 e. The molecule has 0 unspecified atom stereocenters. The highest BCUT2D eigenvalue weighted by Crippen LogP contribution is 2.23. The zero-order valence-corrected chi connectivity index (χ0v) is 16.7. The van der Waals surface area contributed by atoms with Gasteiger partial charge in [0, 0.05) is 18.3 Å². The summed E-state index contributed by atoms with van der Waals surface area (Å²) in [6, 6.07) is 12.6. The summed E-state index contributed by atoms with van der Waals surface area (Å²) in [5, 5.41) is 6.39. The van der Waals surface area contributed by atoms with Gasteiger partial charge in [-0.3, -0.25) is 0 Å². The second-order valence-electron chi connectivity index (χ2n) is 5.91. The maximum absolute atomic E-state index is 14.0. The zero-order chi connectivity index (χ0) is 19.7. The number of rotatable bonds is 6. The number of thiazole rings is 1. The molecule has 0 fully saturated rings. The molecule has 4 rings (SSSR count). The lowest BCUT2D eigenvalue weighted by atomic mass is 10.2. The van der Waals surface area contributed by atoms with Gasteiger partial charge in [0.05, 0.1) is 16.3 Å². The highest BCUT2D eigenvalue weighted by Gasteiger charge is 2.18. The van der Waals surface area contributed by atoms with E-state index in [1.807, 2.05) is 5.38 Å². The summed E-state index contributed by atoms with van der Waals surface area (Å²) in [6.07, 6.45) is 0.393. The van der Waals surface area contributed by atoms with Gasteiger partial charge in [-0.25, -0.2) is 22.0 Å². The van der Waals surface area contributed by atoms with Gasteiger partial charge in [0.2, 0.25) is 15.0 Å². The van der Waals surface area contributed by atoms with Crippen molar-refractivity contribution in [3.05, 3.63) is 70.4 Å². The van der Waals surface area contributed by atoms with Crippen LogP contribution in [-0.4, -0.2) is 29.6 Å². The Morgan fingerprint density at radius 3 is 2.68 bits per heavy atom. The van der Waals surface area contributed by atoms with Crippen molar-refractivity contribution in [2.24, 2.45) is 0 Å². The summed E-state index contributed by atoms with van der Waals surface area (Å²) < 4.78 is 42.9. The summed E-state index contributed by atoms with van der Waals surface area (Å²) in [4.78, 5) is 5.00. The molecule has 10 heteroatoms. The van der Waals surface area contributed by atoms with Crippen LogP contribution in [0.5, 0.6) is 0 Å². The van der Waals surface area contributed by atoms with Gasteiger partial charge in [-0.1, -0.05) is 35.9 Å². The van der Waals surface area contributed by atoms with Gasteiger partial charge >= 0.3 is 0 Å². The Balaban J connectivity index is 1.52. The van der Waals surface area contributed by atoms with E-state index in [9.17, 15) is 12.8 Å². The molecule has 2 aromatic heterocycles. The van der Waals surface area contributed by atoms with Crippen LogP contribution in [0, 0.1) is 5.82 Å². The highest BCUT2D eigenvalue weighted by atomic mass is 35.5. The summed E-state index contributed by atoms with van der Waals surface area (Å²) >= 11 is 7.33. The first-order valence-electron chi connectivity index (χ1n) is 8.28. The zero-order valence-electron chi connectivity index (χ0n) is 14.3. The minimum atomic E-state index is -3.71. The van der Waals surface area contributed by atoms with Gasteiger partial charge < -0.3 is 0 Å². The molecule has 144 valence electrons. The number of sulfonamides is 1. The maximum atomic E-state index is 14.0. The molecule has 0 saturated heterocycles. The molecule has 0 atom stereocenters. The first kappa shape index (κ1) is 19.0. The largest absolute Gasteiger partial charge is 0.242 e. The molecule has 1 N–H and O–H groups in total. The monoisotopic (exact) mass is 436 g/mol. The van der Waals surface area contributed by atoms with Crippen LogP contribution in [0.15, 0.2) is 58.8 Å². The Labute approximate surface area is 169 Å². The molecule has 0 radical (unpaired) electrons. The number of benzene rings is 2. The normalized spacial score (nSPS) is 11.9. The van der Waals surface area contributed by atoms with E-state index in [0.717, 1.165) is 5.69 Å². The van der Waals surface area contributed by atoms with Crippen LogP contribution in [0.4, 0.5) is 4.39 Å². The minimum absolute atomic E-state index is 0.0368. The number of nitrogens with zero attached hydrogens (tertiary/aromatic N) is 3. The molecule has 2 aromatic carbocycles. The Morgan fingerprint density at radius 1 is 1.14 bits per heavy atom. The number of hydrogen-bond acceptors (Lipinski definition) is 5. The SMILES string of the molecule is O=S(=O)(NCCc1csc2nc(-c3ccccc3F)nn12)c1ccccc1Cl. The molecular formula is C18H14ClFN4O2S2. The fourth-order valence-corrected chi connectivity index (χ4v) is 5.11. The van der Waals surface area contributed by atoms with E-state index in [4.69, 9.17) is 11.6 Å². The van der Waals surface area contributed by atoms with Gasteiger partial charge in [0.25, 0.3) is 0 Å². The Hall–Kier alpha value is -2.33. The lowest BCUT2D eigenvalue weighted by Crippen LogP contribution is -2.26. The third-order valence-electron chi connectivity index (χ3n) is 4.06. The van der Waals surface area contributed by atoms with Crippen molar-refractivity contribution in [1.29, 1.82) is 0 Å². The fraction of sp³-hybridized carbons (Fsp3) is 0.111. The van der Waals surface area contributed by atoms with Crippen molar-refractivity contribution in [3.63, 3.8) is 0 Å². The average Bonchev–Trinajstić information content (AvgIpc) is 3.24. The third kappa shape index (κ3) is 3.66. The fourth-order valence-electron chi connectivity index (χ4n) is 2.71. The molecule has 0 aliphatic heterocycles. The summed E-state index contributed by atoms with van der Waals surface area (Å²) in [6.45, 7) is 0.161. The van der Waals surface area contributed by atoms with Gasteiger partial charge in [0.1, 0.15) is 10.7 Å². The van der Waals surface area contributed by atoms with E-state index >= 15 is 0 Å². The van der Waals surface area contributed by atoms with E-state index < -0.39 is 15.8 Å². The summed E-state index contributed by atoms with van der Waals surface area (Å²) in [5.74, 6) is -0.0994. The van der Waals surface area contributed by atoms with Gasteiger partial charge in [-0.05, 0) is 24.3 Å². The van der Waals surface area contributed by atoms with E-state index in [-0.39, 0.29) is 16.5 Å². The molecule has 0 bridgehead atoms. The standard InChI is InChI=1S/C18H14ClFN4O2S2/c19-14-6-2-4-8-16(14)28(25,26)21-10-9-12-11-27-18-22-17(23-24(12)18)13-5-1-3-7-15(13)20/h1-8,11,21H,9-10H2. The van der Waals surface area contributed by atoms with Gasteiger partial charge in [0.15, 0.2) is 5.82 Å². The van der Waals surface area contributed by atoms with Crippen molar-refractivity contribution in [2.75, 3.05) is 6.54 Å². The Kier molecular flexibility index (Phi) is 5.15.